The van der Waals surface area contributed by atoms with Gasteiger partial charge in [0, 0.05) is 31.6 Å². The molecule has 0 amide bonds. The van der Waals surface area contributed by atoms with Gasteiger partial charge in [-0.15, -0.1) is 0 Å². The van der Waals surface area contributed by atoms with Crippen LogP contribution in [-0.2, 0) is 0 Å². The predicted molar refractivity (Wildman–Crippen MR) is 154 cm³/mol. The summed E-state index contributed by atoms with van der Waals surface area (Å²) in [6.45, 7) is 45.7. The van der Waals surface area contributed by atoms with Gasteiger partial charge >= 0.3 is 139 Å². The second-order valence-corrected chi connectivity index (χ2v) is 62.7. The maximum atomic E-state index is 2.68. The molecule has 0 heterocycles. The first-order valence-corrected chi connectivity index (χ1v) is 30.0. The summed E-state index contributed by atoms with van der Waals surface area (Å²) < 4.78 is 2.62. The van der Waals surface area contributed by atoms with Crippen LogP contribution in [0, 0.1) is 0 Å². The molecule has 0 fully saturated rings. The molecule has 0 N–H and O–H groups in total. The van der Waals surface area contributed by atoms with Gasteiger partial charge in [0.1, 0.15) is 0 Å². The number of hydrogen-bond acceptors (Lipinski definition) is 0. The molecule has 0 saturated carbocycles. The van der Waals surface area contributed by atoms with E-state index < -0.39 is 6.63 Å². The first-order chi connectivity index (χ1) is 12.2. The second-order valence-electron chi connectivity index (χ2n) is 13.4. The molecule has 173 valence electrons. The topological polar surface area (TPSA) is 0 Å². The zero-order valence-electron chi connectivity index (χ0n) is 24.0. The van der Waals surface area contributed by atoms with E-state index in [2.05, 4.69) is 129 Å². The van der Waals surface area contributed by atoms with E-state index in [1.165, 1.54) is 0 Å². The fourth-order valence-electron chi connectivity index (χ4n) is 3.75. The van der Waals surface area contributed by atoms with Gasteiger partial charge < -0.3 is 0 Å². The fourth-order valence-corrected chi connectivity index (χ4v) is 55.6. The molecule has 0 unspecified atom stereocenters. The van der Waals surface area contributed by atoms with Gasteiger partial charge in [-0.25, -0.2) is 0 Å². The van der Waals surface area contributed by atoms with Gasteiger partial charge in [-0.1, -0.05) is 45.8 Å². The van der Waals surface area contributed by atoms with Crippen molar-refractivity contribution in [1.29, 1.82) is 0 Å². The van der Waals surface area contributed by atoms with Gasteiger partial charge in [0.25, 0.3) is 0 Å². The van der Waals surface area contributed by atoms with Crippen LogP contribution in [-0.4, -0.2) is 73.9 Å². The standard InChI is InChI=1S/C7H21Si4.4C4H9.2Sn/c1-8(2)11(7,9(3)4)10(5)6;4*1-4(2)3;;/h1-7H3;4*1-3H3;;. The van der Waals surface area contributed by atoms with E-state index >= 15 is 0 Å². The molecule has 0 aliphatic heterocycles. The maximum Gasteiger partial charge on any atom is 0.0280 e. The summed E-state index contributed by atoms with van der Waals surface area (Å²) in [5.41, 5.74) is 0. The minimum absolute atomic E-state index is 0.0589. The third-order valence-electron chi connectivity index (χ3n) is 4.50. The molecule has 0 atom stereocenters. The van der Waals surface area contributed by atoms with Crippen LogP contribution in [0.4, 0.5) is 0 Å². The van der Waals surface area contributed by atoms with E-state index in [4.69, 9.17) is 0 Å². The molecule has 0 aromatic rings. The Labute approximate surface area is 214 Å². The van der Waals surface area contributed by atoms with Crippen molar-refractivity contribution in [3.05, 3.63) is 0 Å². The van der Waals surface area contributed by atoms with E-state index in [1.807, 2.05) is 0 Å². The first-order valence-electron chi connectivity index (χ1n) is 11.2. The molecular formula is C23H57Si4Sn2. The van der Waals surface area contributed by atoms with Crippen molar-refractivity contribution in [3.63, 3.8) is 0 Å². The van der Waals surface area contributed by atoms with Crippen LogP contribution in [0.25, 0.3) is 0 Å². The maximum absolute atomic E-state index is 2.68. The Morgan fingerprint density at radius 2 is 0.552 bits per heavy atom. The Morgan fingerprint density at radius 1 is 0.414 bits per heavy atom. The quantitative estimate of drug-likeness (QED) is 0.261. The third-order valence-corrected chi connectivity index (χ3v) is 64.1. The molecule has 0 aliphatic rings. The molecule has 0 saturated heterocycles. The van der Waals surface area contributed by atoms with Gasteiger partial charge in [0.05, 0.1) is 0 Å². The Kier molecular flexibility index (Phi) is 17.4. The van der Waals surface area contributed by atoms with Crippen molar-refractivity contribution < 1.29 is 0 Å². The molecule has 7 radical (unpaired) electrons. The summed E-state index contributed by atoms with van der Waals surface area (Å²) in [7, 11) is 0.177. The largest absolute Gasteiger partial charge is 0.0752 e. The predicted octanol–water partition coefficient (Wildman–Crippen LogP) is 8.82. The average molecular weight is 683 g/mol. The minimum atomic E-state index is -0.676. The molecule has 0 aromatic heterocycles. The van der Waals surface area contributed by atoms with Crippen molar-refractivity contribution in [3.8, 4) is 0 Å². The monoisotopic (exact) mass is 685 g/mol. The number of hydrogen-bond donors (Lipinski definition) is 0. The summed E-state index contributed by atoms with van der Waals surface area (Å²) >= 11 is -0.363. The smallest absolute Gasteiger partial charge is 0.0280 e. The van der Waals surface area contributed by atoms with E-state index in [0.717, 1.165) is 0 Å². The fraction of sp³-hybridized carbons (Fsp3) is 1.00. The van der Waals surface area contributed by atoms with Crippen molar-refractivity contribution in [1.82, 2.24) is 0 Å². The molecular weight excluding hydrogens is 626 g/mol. The summed E-state index contributed by atoms with van der Waals surface area (Å²) in [5, 5.41) is 0. The minimum Gasteiger partial charge on any atom is -0.0752 e. The molecule has 6 heteroatoms. The molecule has 0 spiro atoms. The van der Waals surface area contributed by atoms with Crippen LogP contribution < -0.4 is 0 Å². The van der Waals surface area contributed by atoms with Crippen LogP contribution in [0.15, 0.2) is 0 Å². The Hall–Kier alpha value is 2.46. The molecule has 0 aromatic carbocycles. The van der Waals surface area contributed by atoms with E-state index in [1.54, 1.807) is 0 Å². The third kappa shape index (κ3) is 23.4. The van der Waals surface area contributed by atoms with E-state index in [-0.39, 0.29) is 67.2 Å². The summed E-state index contributed by atoms with van der Waals surface area (Å²) in [6, 6.07) is 0. The van der Waals surface area contributed by atoms with Crippen LogP contribution in [0.3, 0.4) is 0 Å². The molecule has 29 heavy (non-hydrogen) atoms. The summed E-state index contributed by atoms with van der Waals surface area (Å²) in [5.74, 6) is 0. The SMILES string of the molecule is C[C](C)(C)[Sn][C](C)(C)C.C[C](C)(C)[Sn][C](C)(C)C.C[Si](C)[Si](C)([Si](C)C)[Si](C)C. The Morgan fingerprint density at radius 3 is 0.552 bits per heavy atom. The van der Waals surface area contributed by atoms with Crippen LogP contribution in [0.5, 0.6) is 0 Å². The van der Waals surface area contributed by atoms with Gasteiger partial charge in [-0.2, -0.15) is 0 Å². The summed E-state index contributed by atoms with van der Waals surface area (Å²) in [4.78, 5) is 0. The van der Waals surface area contributed by atoms with Gasteiger partial charge in [0.15, 0.2) is 0 Å². The van der Waals surface area contributed by atoms with Crippen LogP contribution >= 0.6 is 0 Å². The van der Waals surface area contributed by atoms with Gasteiger partial charge in [0.2, 0.25) is 0 Å². The molecule has 0 aliphatic carbocycles. The zero-order valence-corrected chi connectivity index (χ0v) is 33.7. The van der Waals surface area contributed by atoms with E-state index in [9.17, 15) is 0 Å². The average Bonchev–Trinajstić information content (AvgIpc) is 2.28. The van der Waals surface area contributed by atoms with E-state index in [0.29, 0.717) is 13.7 Å². The van der Waals surface area contributed by atoms with Crippen molar-refractivity contribution in [2.24, 2.45) is 0 Å². The molecule has 0 rings (SSSR count). The van der Waals surface area contributed by atoms with Gasteiger partial charge in [-0.3, -0.25) is 0 Å². The first kappa shape index (κ1) is 36.0. The van der Waals surface area contributed by atoms with Crippen LogP contribution in [0.2, 0.25) is 59.6 Å². The summed E-state index contributed by atoms with van der Waals surface area (Å²) in [6.07, 6.45) is 0. The van der Waals surface area contributed by atoms with Crippen molar-refractivity contribution >= 4 is 73.9 Å². The van der Waals surface area contributed by atoms with Crippen molar-refractivity contribution in [2.75, 3.05) is 0 Å². The van der Waals surface area contributed by atoms with Crippen LogP contribution in [0.1, 0.15) is 83.1 Å². The zero-order chi connectivity index (χ0) is 24.6. The Bertz CT molecular complexity index is 348. The second kappa shape index (κ2) is 14.0. The molecule has 0 bridgehead atoms. The Balaban J connectivity index is -0.000000352. The number of rotatable bonds is 3. The molecule has 0 nitrogen and oxygen atoms in total. The van der Waals surface area contributed by atoms with Gasteiger partial charge in [-0.05, 0) is 0 Å². The van der Waals surface area contributed by atoms with Crippen molar-refractivity contribution in [2.45, 2.75) is 143 Å². The normalized spacial score (nSPS) is 13.9.